The molecular weight excluding hydrogens is 216 g/mol. The van der Waals surface area contributed by atoms with E-state index < -0.39 is 0 Å². The highest BCUT2D eigenvalue weighted by atomic mass is 16.5. The Morgan fingerprint density at radius 3 is 2.76 bits per heavy atom. The van der Waals surface area contributed by atoms with E-state index in [9.17, 15) is 4.79 Å². The van der Waals surface area contributed by atoms with Crippen molar-refractivity contribution in [1.29, 1.82) is 0 Å². The summed E-state index contributed by atoms with van der Waals surface area (Å²) in [4.78, 5) is 15.4. The Morgan fingerprint density at radius 2 is 2.18 bits per heavy atom. The van der Waals surface area contributed by atoms with Gasteiger partial charge in [0, 0.05) is 12.4 Å². The van der Waals surface area contributed by atoms with Gasteiger partial charge in [0.05, 0.1) is 6.61 Å². The van der Waals surface area contributed by atoms with Gasteiger partial charge >= 0.3 is 6.09 Å². The Morgan fingerprint density at radius 1 is 1.41 bits per heavy atom. The van der Waals surface area contributed by atoms with Crippen LogP contribution in [0.15, 0.2) is 18.7 Å². The summed E-state index contributed by atoms with van der Waals surface area (Å²) in [5.74, 6) is 0. The zero-order valence-electron chi connectivity index (χ0n) is 11.0. The van der Waals surface area contributed by atoms with Gasteiger partial charge in [0.2, 0.25) is 0 Å². The largest absolute Gasteiger partial charge is 0.448 e. The van der Waals surface area contributed by atoms with Crippen molar-refractivity contribution in [1.82, 2.24) is 9.55 Å². The minimum atomic E-state index is -0.355. The lowest BCUT2D eigenvalue weighted by molar-refractivity contribution is 0.0941. The molecule has 1 aromatic heterocycles. The topological polar surface area (TPSA) is 44.1 Å². The third-order valence-electron chi connectivity index (χ3n) is 2.76. The lowest BCUT2D eigenvalue weighted by Gasteiger charge is -2.23. The smallest absolute Gasteiger partial charge is 0.419 e. The first kappa shape index (κ1) is 13.7. The summed E-state index contributed by atoms with van der Waals surface area (Å²) < 4.78 is 6.62. The van der Waals surface area contributed by atoms with Crippen molar-refractivity contribution >= 4 is 6.09 Å². The number of aromatic nitrogens is 2. The van der Waals surface area contributed by atoms with Crippen molar-refractivity contribution in [2.75, 3.05) is 6.61 Å². The number of hydrogen-bond donors (Lipinski definition) is 0. The highest BCUT2D eigenvalue weighted by Gasteiger charge is 2.20. The first-order valence-electron chi connectivity index (χ1n) is 6.20. The van der Waals surface area contributed by atoms with Gasteiger partial charge < -0.3 is 4.74 Å². The summed E-state index contributed by atoms with van der Waals surface area (Å²) in [6.45, 7) is 6.90. The van der Waals surface area contributed by atoms with E-state index in [2.05, 4.69) is 25.8 Å². The van der Waals surface area contributed by atoms with Gasteiger partial charge in [0.25, 0.3) is 0 Å². The van der Waals surface area contributed by atoms with E-state index in [4.69, 9.17) is 4.74 Å². The summed E-state index contributed by atoms with van der Waals surface area (Å²) in [7, 11) is 0. The van der Waals surface area contributed by atoms with Crippen LogP contribution in [-0.4, -0.2) is 22.3 Å². The molecule has 0 amide bonds. The minimum absolute atomic E-state index is 0.0470. The first-order valence-corrected chi connectivity index (χ1v) is 6.20. The van der Waals surface area contributed by atoms with Crippen molar-refractivity contribution in [2.24, 2.45) is 5.41 Å². The summed E-state index contributed by atoms with van der Waals surface area (Å²) in [6, 6.07) is 0. The second-order valence-electron chi connectivity index (χ2n) is 5.15. The zero-order valence-corrected chi connectivity index (χ0v) is 11.0. The molecular formula is C13H22N2O2. The summed E-state index contributed by atoms with van der Waals surface area (Å²) in [5.41, 5.74) is 0.0470. The van der Waals surface area contributed by atoms with Crippen molar-refractivity contribution < 1.29 is 9.53 Å². The number of rotatable bonds is 6. The number of unbranched alkanes of at least 4 members (excludes halogenated alkanes) is 2. The molecule has 96 valence electrons. The molecule has 1 heterocycles. The Kier molecular flexibility index (Phi) is 5.19. The van der Waals surface area contributed by atoms with Gasteiger partial charge in [0.1, 0.15) is 6.33 Å². The van der Waals surface area contributed by atoms with Gasteiger partial charge in [-0.25, -0.2) is 14.3 Å². The Balaban J connectivity index is 2.31. The molecule has 0 aromatic carbocycles. The lowest BCUT2D eigenvalue weighted by Crippen LogP contribution is -2.23. The maximum absolute atomic E-state index is 11.6. The van der Waals surface area contributed by atoms with Crippen LogP contribution in [0.25, 0.3) is 0 Å². The van der Waals surface area contributed by atoms with E-state index >= 15 is 0 Å². The normalized spacial score (nSPS) is 11.5. The van der Waals surface area contributed by atoms with Gasteiger partial charge in [-0.2, -0.15) is 0 Å². The average molecular weight is 238 g/mol. The Labute approximate surface area is 103 Å². The Bertz CT molecular complexity index is 331. The van der Waals surface area contributed by atoms with Gasteiger partial charge in [0.15, 0.2) is 0 Å². The number of imidazole rings is 1. The van der Waals surface area contributed by atoms with Crippen LogP contribution in [0.2, 0.25) is 0 Å². The molecule has 4 heteroatoms. The summed E-state index contributed by atoms with van der Waals surface area (Å²) >= 11 is 0. The number of ether oxygens (including phenoxy) is 1. The van der Waals surface area contributed by atoms with Gasteiger partial charge in [-0.1, -0.05) is 40.0 Å². The fraction of sp³-hybridized carbons (Fsp3) is 0.692. The van der Waals surface area contributed by atoms with Crippen LogP contribution in [0.3, 0.4) is 0 Å². The molecule has 0 fully saturated rings. The summed E-state index contributed by atoms with van der Waals surface area (Å²) in [6.07, 6.45) is 8.96. The second-order valence-corrected chi connectivity index (χ2v) is 5.15. The second kappa shape index (κ2) is 6.42. The molecule has 0 spiro atoms. The molecule has 0 aliphatic rings. The van der Waals surface area contributed by atoms with Crippen molar-refractivity contribution in [3.8, 4) is 0 Å². The molecule has 0 unspecified atom stereocenters. The highest BCUT2D eigenvalue weighted by molar-refractivity contribution is 5.69. The molecule has 1 aromatic rings. The number of hydrogen-bond acceptors (Lipinski definition) is 3. The minimum Gasteiger partial charge on any atom is -0.448 e. The fourth-order valence-corrected chi connectivity index (χ4v) is 1.62. The van der Waals surface area contributed by atoms with Crippen molar-refractivity contribution in [3.63, 3.8) is 0 Å². The molecule has 1 rings (SSSR count). The van der Waals surface area contributed by atoms with E-state index in [-0.39, 0.29) is 11.5 Å². The third-order valence-corrected chi connectivity index (χ3v) is 2.76. The molecule has 0 aliphatic heterocycles. The number of carbonyl (C=O) groups excluding carboxylic acids is 1. The monoisotopic (exact) mass is 238 g/mol. The fourth-order valence-electron chi connectivity index (χ4n) is 1.62. The van der Waals surface area contributed by atoms with Crippen LogP contribution >= 0.6 is 0 Å². The summed E-state index contributed by atoms with van der Waals surface area (Å²) in [5, 5.41) is 0. The van der Waals surface area contributed by atoms with E-state index in [0.717, 1.165) is 6.42 Å². The predicted octanol–water partition coefficient (Wildman–Crippen LogP) is 3.47. The SMILES string of the molecule is CCCCCC(C)(C)COC(=O)n1ccnc1. The predicted molar refractivity (Wildman–Crippen MR) is 66.9 cm³/mol. The van der Waals surface area contributed by atoms with Crippen molar-refractivity contribution in [2.45, 2.75) is 46.5 Å². The van der Waals surface area contributed by atoms with Crippen molar-refractivity contribution in [3.05, 3.63) is 18.7 Å². The Hall–Kier alpha value is -1.32. The molecule has 0 radical (unpaired) electrons. The van der Waals surface area contributed by atoms with E-state index in [1.54, 1.807) is 12.4 Å². The molecule has 0 saturated heterocycles. The first-order chi connectivity index (χ1) is 8.05. The van der Waals surface area contributed by atoms with E-state index in [1.165, 1.54) is 30.2 Å². The quantitative estimate of drug-likeness (QED) is 0.713. The number of carbonyl (C=O) groups is 1. The van der Waals surface area contributed by atoms with Crippen LogP contribution in [0.4, 0.5) is 4.79 Å². The molecule has 0 N–H and O–H groups in total. The lowest BCUT2D eigenvalue weighted by atomic mass is 9.88. The van der Waals surface area contributed by atoms with Crippen LogP contribution in [0.1, 0.15) is 46.5 Å². The van der Waals surface area contributed by atoms with Crippen LogP contribution in [0.5, 0.6) is 0 Å². The van der Waals surface area contributed by atoms with Gasteiger partial charge in [-0.3, -0.25) is 0 Å². The van der Waals surface area contributed by atoms with E-state index in [1.807, 2.05) is 0 Å². The zero-order chi connectivity index (χ0) is 12.7. The molecule has 17 heavy (non-hydrogen) atoms. The third kappa shape index (κ3) is 5.02. The number of nitrogens with zero attached hydrogens (tertiary/aromatic N) is 2. The van der Waals surface area contributed by atoms with E-state index in [0.29, 0.717) is 6.61 Å². The highest BCUT2D eigenvalue weighted by Crippen LogP contribution is 2.24. The molecule has 4 nitrogen and oxygen atoms in total. The maximum atomic E-state index is 11.6. The maximum Gasteiger partial charge on any atom is 0.419 e. The van der Waals surface area contributed by atoms with Gasteiger partial charge in [-0.15, -0.1) is 0 Å². The molecule has 0 atom stereocenters. The van der Waals surface area contributed by atoms with Crippen LogP contribution < -0.4 is 0 Å². The van der Waals surface area contributed by atoms with Gasteiger partial charge in [-0.05, 0) is 11.8 Å². The van der Waals surface area contributed by atoms with Crippen LogP contribution in [-0.2, 0) is 4.74 Å². The molecule has 0 saturated carbocycles. The standard InChI is InChI=1S/C13H22N2O2/c1-4-5-6-7-13(2,3)10-17-12(16)15-9-8-14-11-15/h8-9,11H,4-7,10H2,1-3H3. The molecule has 0 bridgehead atoms. The molecule has 0 aliphatic carbocycles. The average Bonchev–Trinajstić information content (AvgIpc) is 2.80. The van der Waals surface area contributed by atoms with Crippen LogP contribution in [0, 0.1) is 5.41 Å².